The van der Waals surface area contributed by atoms with Gasteiger partial charge in [0.25, 0.3) is 43.9 Å². The molecule has 12 nitrogen and oxygen atoms in total. The third kappa shape index (κ3) is 2.72. The number of hydrogen-bond donors (Lipinski definition) is 0. The molecule has 0 aromatic heterocycles. The van der Waals surface area contributed by atoms with Crippen molar-refractivity contribution in [1.29, 1.82) is 0 Å². The van der Waals surface area contributed by atoms with E-state index in [1.54, 1.807) is 0 Å². The minimum atomic E-state index is -4.26. The van der Waals surface area contributed by atoms with Gasteiger partial charge in [-0.15, -0.1) is 18.7 Å². The number of carbonyl (C=O) groups is 4. The summed E-state index contributed by atoms with van der Waals surface area (Å²) in [4.78, 5) is 47.4. The summed E-state index contributed by atoms with van der Waals surface area (Å²) in [7, 11) is -8.52. The topological polar surface area (TPSA) is 161 Å². The van der Waals surface area contributed by atoms with E-state index in [0.29, 0.717) is 12.5 Å². The van der Waals surface area contributed by atoms with Crippen LogP contribution in [0.1, 0.15) is 0 Å². The minimum absolute atomic E-state index is 0.210. The molecule has 0 aromatic carbocycles. The Kier molecular flexibility index (Phi) is 3.59. The van der Waals surface area contributed by atoms with Crippen molar-refractivity contribution < 1.29 is 44.6 Å². The van der Waals surface area contributed by atoms with Crippen molar-refractivity contribution in [3.63, 3.8) is 0 Å². The van der Waals surface area contributed by atoms with Gasteiger partial charge in [-0.1, -0.05) is 0 Å². The van der Waals surface area contributed by atoms with Gasteiger partial charge >= 0.3 is 0 Å². The van der Waals surface area contributed by atoms with Crippen LogP contribution in [0.5, 0.6) is 0 Å². The molecule has 0 bridgehead atoms. The molecule has 122 valence electrons. The first kappa shape index (κ1) is 16.5. The lowest BCUT2D eigenvalue weighted by Crippen LogP contribution is -2.42. The summed E-state index contributed by atoms with van der Waals surface area (Å²) in [6, 6.07) is 0. The van der Waals surface area contributed by atoms with E-state index in [1.807, 2.05) is 0 Å². The van der Waals surface area contributed by atoms with Crippen molar-refractivity contribution in [2.75, 3.05) is 12.5 Å². The second kappa shape index (κ2) is 4.80. The van der Waals surface area contributed by atoms with E-state index in [-0.39, 0.29) is 10.1 Å². The molecule has 2 saturated heterocycles. The summed E-state index contributed by atoms with van der Waals surface area (Å²) in [6.45, 7) is 0. The van der Waals surface area contributed by atoms with Crippen LogP contribution in [0.3, 0.4) is 0 Å². The zero-order valence-corrected chi connectivity index (χ0v) is 12.6. The average molecular weight is 356 g/mol. The third-order valence-corrected chi connectivity index (χ3v) is 3.46. The number of imide groups is 2. The van der Waals surface area contributed by atoms with Crippen LogP contribution < -0.4 is 0 Å². The fourth-order valence-electron chi connectivity index (χ4n) is 1.92. The molecule has 0 aromatic rings. The zero-order valence-electron chi connectivity index (χ0n) is 10.9. The fraction of sp³-hybridized carbons (Fsp3) is 0.500. The standard InChI is InChI=1S/C8H8N2O10S2/c1-21(15,16)19-9-5(11)3-4(6(9)12)8(14)10(7(3)13)20-22(2,17)18/h3-4H,1-2H3. The minimum Gasteiger partial charge on any atom is -0.271 e. The highest BCUT2D eigenvalue weighted by atomic mass is 32.2. The summed E-state index contributed by atoms with van der Waals surface area (Å²) in [6.07, 6.45) is 1.09. The Labute approximate surface area is 123 Å². The molecule has 2 aliphatic rings. The third-order valence-electron chi connectivity index (χ3n) is 2.62. The van der Waals surface area contributed by atoms with Gasteiger partial charge in [-0.25, -0.2) is 0 Å². The van der Waals surface area contributed by atoms with E-state index in [2.05, 4.69) is 8.57 Å². The Morgan fingerprint density at radius 2 is 0.909 bits per heavy atom. The molecule has 0 saturated carbocycles. The first-order valence-corrected chi connectivity index (χ1v) is 9.01. The van der Waals surface area contributed by atoms with Gasteiger partial charge in [0, 0.05) is 0 Å². The van der Waals surface area contributed by atoms with Crippen LogP contribution in [0, 0.1) is 11.8 Å². The maximum atomic E-state index is 11.9. The fourth-order valence-corrected chi connectivity index (χ4v) is 2.76. The SMILES string of the molecule is CS(=O)(=O)ON1C(=O)C2C(=O)N(OS(C)(=O)=O)C(=O)C2C1=O. The lowest BCUT2D eigenvalue weighted by Gasteiger charge is -2.16. The second-order valence-electron chi connectivity index (χ2n) is 4.45. The van der Waals surface area contributed by atoms with Gasteiger partial charge in [0.1, 0.15) is 11.8 Å². The Morgan fingerprint density at radius 1 is 0.682 bits per heavy atom. The Hall–Kier alpha value is -1.90. The van der Waals surface area contributed by atoms with Gasteiger partial charge in [0.2, 0.25) is 0 Å². The van der Waals surface area contributed by atoms with Gasteiger partial charge in [-0.3, -0.25) is 19.2 Å². The van der Waals surface area contributed by atoms with E-state index in [1.165, 1.54) is 0 Å². The Bertz CT molecular complexity index is 697. The molecule has 22 heavy (non-hydrogen) atoms. The highest BCUT2D eigenvalue weighted by Gasteiger charge is 2.65. The second-order valence-corrected chi connectivity index (χ2v) is 7.57. The maximum absolute atomic E-state index is 11.9. The van der Waals surface area contributed by atoms with Gasteiger partial charge in [0.05, 0.1) is 12.5 Å². The van der Waals surface area contributed by atoms with Gasteiger partial charge in [-0.05, 0) is 0 Å². The van der Waals surface area contributed by atoms with Gasteiger partial charge in [-0.2, -0.15) is 16.8 Å². The normalized spacial score (nSPS) is 26.1. The number of rotatable bonds is 4. The number of nitrogens with zero attached hydrogens (tertiary/aromatic N) is 2. The maximum Gasteiger partial charge on any atom is 0.285 e. The quantitative estimate of drug-likeness (QED) is 0.369. The molecule has 0 unspecified atom stereocenters. The van der Waals surface area contributed by atoms with Crippen LogP contribution in [-0.2, 0) is 48.0 Å². The van der Waals surface area contributed by atoms with Crippen molar-refractivity contribution in [1.82, 2.24) is 10.1 Å². The highest BCUT2D eigenvalue weighted by molar-refractivity contribution is 7.86. The summed E-state index contributed by atoms with van der Waals surface area (Å²) in [5.41, 5.74) is 0. The predicted molar refractivity (Wildman–Crippen MR) is 62.5 cm³/mol. The Morgan fingerprint density at radius 3 is 1.09 bits per heavy atom. The summed E-state index contributed by atoms with van der Waals surface area (Å²) in [5.74, 6) is -9.47. The van der Waals surface area contributed by atoms with E-state index in [9.17, 15) is 36.0 Å². The molecule has 0 aliphatic carbocycles. The molecule has 0 atom stereocenters. The van der Waals surface area contributed by atoms with Gasteiger partial charge in [0.15, 0.2) is 0 Å². The average Bonchev–Trinajstić information content (AvgIpc) is 2.69. The zero-order chi connectivity index (χ0) is 17.0. The van der Waals surface area contributed by atoms with Crippen molar-refractivity contribution in [3.05, 3.63) is 0 Å². The van der Waals surface area contributed by atoms with Crippen LogP contribution in [0.4, 0.5) is 0 Å². The molecule has 2 rings (SSSR count). The van der Waals surface area contributed by atoms with Crippen molar-refractivity contribution in [2.45, 2.75) is 0 Å². The number of hydroxylamine groups is 4. The number of carbonyl (C=O) groups excluding carboxylic acids is 4. The van der Waals surface area contributed by atoms with E-state index >= 15 is 0 Å². The molecule has 0 N–H and O–H groups in total. The molecular weight excluding hydrogens is 348 g/mol. The number of fused-ring (bicyclic) bond motifs is 1. The molecule has 4 amide bonds. The smallest absolute Gasteiger partial charge is 0.271 e. The molecule has 2 aliphatic heterocycles. The largest absolute Gasteiger partial charge is 0.285 e. The first-order valence-electron chi connectivity index (χ1n) is 5.38. The van der Waals surface area contributed by atoms with E-state index < -0.39 is 55.7 Å². The number of hydrogen-bond acceptors (Lipinski definition) is 10. The number of amides is 4. The van der Waals surface area contributed by atoms with Crippen LogP contribution in [0.25, 0.3) is 0 Å². The van der Waals surface area contributed by atoms with Crippen LogP contribution in [0.2, 0.25) is 0 Å². The molecule has 0 spiro atoms. The summed E-state index contributed by atoms with van der Waals surface area (Å²) < 4.78 is 52.1. The lowest BCUT2D eigenvalue weighted by atomic mass is 9.98. The van der Waals surface area contributed by atoms with Crippen molar-refractivity contribution in [2.24, 2.45) is 11.8 Å². The highest BCUT2D eigenvalue weighted by Crippen LogP contribution is 2.36. The molecule has 2 fully saturated rings. The van der Waals surface area contributed by atoms with Crippen molar-refractivity contribution >= 4 is 43.9 Å². The van der Waals surface area contributed by atoms with Gasteiger partial charge < -0.3 is 0 Å². The Balaban J connectivity index is 2.36. The van der Waals surface area contributed by atoms with Crippen molar-refractivity contribution in [3.8, 4) is 0 Å². The first-order chi connectivity index (χ1) is 9.83. The summed E-state index contributed by atoms with van der Waals surface area (Å²) >= 11 is 0. The van der Waals surface area contributed by atoms with Crippen LogP contribution >= 0.6 is 0 Å². The predicted octanol–water partition coefficient (Wildman–Crippen LogP) is -3.26. The van der Waals surface area contributed by atoms with E-state index in [0.717, 1.165) is 0 Å². The van der Waals surface area contributed by atoms with Crippen LogP contribution in [-0.4, -0.2) is 63.1 Å². The van der Waals surface area contributed by atoms with E-state index in [4.69, 9.17) is 0 Å². The lowest BCUT2D eigenvalue weighted by molar-refractivity contribution is -0.175. The summed E-state index contributed by atoms with van der Waals surface area (Å²) in [5, 5.41) is -0.420. The molecular formula is C8H8N2O10S2. The molecule has 0 radical (unpaired) electrons. The molecule has 14 heteroatoms. The van der Waals surface area contributed by atoms with Crippen LogP contribution in [0.15, 0.2) is 0 Å². The molecule has 2 heterocycles. The monoisotopic (exact) mass is 356 g/mol.